The summed E-state index contributed by atoms with van der Waals surface area (Å²) in [6.07, 6.45) is 0. The highest BCUT2D eigenvalue weighted by atomic mass is 16.5. The molecule has 4 rings (SSSR count). The van der Waals surface area contributed by atoms with Crippen LogP contribution in [0.25, 0.3) is 11.0 Å². The molecule has 0 aliphatic carbocycles. The van der Waals surface area contributed by atoms with Crippen LogP contribution in [0.15, 0.2) is 42.5 Å². The smallest absolute Gasteiger partial charge is 0.259 e. The minimum absolute atomic E-state index is 0.193. The molecule has 2 aromatic carbocycles. The number of imidazole rings is 1. The molecule has 1 N–H and O–H groups in total. The van der Waals surface area contributed by atoms with Gasteiger partial charge in [0.25, 0.3) is 5.91 Å². The van der Waals surface area contributed by atoms with Gasteiger partial charge in [0.1, 0.15) is 11.6 Å². The van der Waals surface area contributed by atoms with E-state index in [1.807, 2.05) is 30.3 Å². The van der Waals surface area contributed by atoms with Crippen molar-refractivity contribution in [2.24, 2.45) is 0 Å². The Morgan fingerprint density at radius 3 is 2.78 bits per heavy atom. The third-order valence-electron chi connectivity index (χ3n) is 5.12. The maximum Gasteiger partial charge on any atom is 0.259 e. The van der Waals surface area contributed by atoms with Crippen LogP contribution < -0.4 is 10.1 Å². The average molecular weight is 364 g/mol. The molecule has 1 aromatic heterocycles. The van der Waals surface area contributed by atoms with Gasteiger partial charge in [-0.2, -0.15) is 0 Å². The zero-order valence-corrected chi connectivity index (χ0v) is 15.9. The minimum atomic E-state index is -0.193. The lowest BCUT2D eigenvalue weighted by molar-refractivity contribution is 0.102. The minimum Gasteiger partial charge on any atom is -0.496 e. The Morgan fingerprint density at radius 1 is 1.19 bits per heavy atom. The van der Waals surface area contributed by atoms with Gasteiger partial charge in [-0.3, -0.25) is 9.69 Å². The number of aromatic nitrogens is 2. The standard InChI is InChI=1S/C21H24N4O2/c1-14(2)24-10-11-25-18-9-8-15(12-17(18)23-20(25)13-24)22-21(26)16-6-4-5-7-19(16)27-3/h4-9,12,14H,10-11,13H2,1-3H3,(H,22,26). The number of benzene rings is 2. The summed E-state index contributed by atoms with van der Waals surface area (Å²) in [5.74, 6) is 1.45. The normalized spacial score (nSPS) is 14.4. The highest BCUT2D eigenvalue weighted by Gasteiger charge is 2.22. The summed E-state index contributed by atoms with van der Waals surface area (Å²) in [7, 11) is 1.56. The molecule has 1 aliphatic rings. The first-order valence-corrected chi connectivity index (χ1v) is 9.24. The van der Waals surface area contributed by atoms with E-state index < -0.39 is 0 Å². The quantitative estimate of drug-likeness (QED) is 0.769. The Balaban J connectivity index is 1.60. The van der Waals surface area contributed by atoms with Crippen LogP contribution in [0.5, 0.6) is 5.75 Å². The van der Waals surface area contributed by atoms with E-state index >= 15 is 0 Å². The van der Waals surface area contributed by atoms with Crippen molar-refractivity contribution in [1.82, 2.24) is 14.5 Å². The molecule has 0 atom stereocenters. The first-order chi connectivity index (χ1) is 13.1. The van der Waals surface area contributed by atoms with Gasteiger partial charge in [-0.25, -0.2) is 4.98 Å². The third kappa shape index (κ3) is 3.28. The summed E-state index contributed by atoms with van der Waals surface area (Å²) >= 11 is 0. The first kappa shape index (κ1) is 17.5. The number of rotatable bonds is 4. The number of nitrogens with one attached hydrogen (secondary N) is 1. The Hall–Kier alpha value is -2.86. The predicted octanol–water partition coefficient (Wildman–Crippen LogP) is 3.52. The molecule has 3 aromatic rings. The molecule has 2 heterocycles. The van der Waals surface area contributed by atoms with Crippen molar-refractivity contribution in [2.45, 2.75) is 33.0 Å². The van der Waals surface area contributed by atoms with Gasteiger partial charge in [0.2, 0.25) is 0 Å². The number of ether oxygens (including phenoxy) is 1. The van der Waals surface area contributed by atoms with E-state index in [1.165, 1.54) is 0 Å². The first-order valence-electron chi connectivity index (χ1n) is 9.24. The molecule has 0 saturated heterocycles. The maximum absolute atomic E-state index is 12.6. The highest BCUT2D eigenvalue weighted by Crippen LogP contribution is 2.25. The second-order valence-corrected chi connectivity index (χ2v) is 7.10. The van der Waals surface area contributed by atoms with Crippen LogP contribution in [-0.4, -0.2) is 40.1 Å². The van der Waals surface area contributed by atoms with E-state index in [2.05, 4.69) is 28.6 Å². The van der Waals surface area contributed by atoms with E-state index in [1.54, 1.807) is 19.2 Å². The van der Waals surface area contributed by atoms with Gasteiger partial charge in [0, 0.05) is 24.8 Å². The molecule has 0 radical (unpaired) electrons. The van der Waals surface area contributed by atoms with Crippen molar-refractivity contribution >= 4 is 22.6 Å². The maximum atomic E-state index is 12.6. The number of para-hydroxylation sites is 1. The molecule has 0 bridgehead atoms. The van der Waals surface area contributed by atoms with E-state index in [0.29, 0.717) is 17.4 Å². The SMILES string of the molecule is COc1ccccc1C(=O)Nc1ccc2c(c1)nc1n2CCN(C(C)C)C1. The molecular weight excluding hydrogens is 340 g/mol. The zero-order valence-electron chi connectivity index (χ0n) is 15.9. The topological polar surface area (TPSA) is 59.4 Å². The average Bonchev–Trinajstić information content (AvgIpc) is 3.04. The lowest BCUT2D eigenvalue weighted by Crippen LogP contribution is -2.38. The zero-order chi connectivity index (χ0) is 19.0. The number of methoxy groups -OCH3 is 1. The Labute approximate surface area is 158 Å². The third-order valence-corrected chi connectivity index (χ3v) is 5.12. The van der Waals surface area contributed by atoms with Crippen LogP contribution in [0.4, 0.5) is 5.69 Å². The molecule has 27 heavy (non-hydrogen) atoms. The molecule has 1 amide bonds. The Bertz CT molecular complexity index is 993. The van der Waals surface area contributed by atoms with Crippen LogP contribution in [0.3, 0.4) is 0 Å². The van der Waals surface area contributed by atoms with Crippen molar-refractivity contribution in [3.8, 4) is 5.75 Å². The van der Waals surface area contributed by atoms with Crippen LogP contribution >= 0.6 is 0 Å². The van der Waals surface area contributed by atoms with Crippen molar-refractivity contribution in [3.05, 3.63) is 53.9 Å². The number of carbonyl (C=O) groups excluding carboxylic acids is 1. The summed E-state index contributed by atoms with van der Waals surface area (Å²) < 4.78 is 7.56. The molecule has 6 nitrogen and oxygen atoms in total. The van der Waals surface area contributed by atoms with Crippen molar-refractivity contribution in [3.63, 3.8) is 0 Å². The Kier molecular flexibility index (Phi) is 4.58. The molecule has 140 valence electrons. The number of hydrogen-bond acceptors (Lipinski definition) is 4. The van der Waals surface area contributed by atoms with Crippen molar-refractivity contribution < 1.29 is 9.53 Å². The molecule has 0 spiro atoms. The van der Waals surface area contributed by atoms with E-state index in [0.717, 1.165) is 42.2 Å². The van der Waals surface area contributed by atoms with Gasteiger partial charge >= 0.3 is 0 Å². The summed E-state index contributed by atoms with van der Waals surface area (Å²) in [6, 6.07) is 13.6. The molecule has 1 aliphatic heterocycles. The van der Waals surface area contributed by atoms with E-state index in [9.17, 15) is 4.79 Å². The number of hydrogen-bond donors (Lipinski definition) is 1. The lowest BCUT2D eigenvalue weighted by Gasteiger charge is -2.30. The number of amides is 1. The van der Waals surface area contributed by atoms with Gasteiger partial charge in [-0.1, -0.05) is 12.1 Å². The van der Waals surface area contributed by atoms with Gasteiger partial charge in [0.15, 0.2) is 0 Å². The van der Waals surface area contributed by atoms with Crippen molar-refractivity contribution in [2.75, 3.05) is 19.0 Å². The number of fused-ring (bicyclic) bond motifs is 3. The van der Waals surface area contributed by atoms with Gasteiger partial charge < -0.3 is 14.6 Å². The van der Waals surface area contributed by atoms with E-state index in [4.69, 9.17) is 9.72 Å². The van der Waals surface area contributed by atoms with Crippen LogP contribution in [0.1, 0.15) is 30.0 Å². The summed E-state index contributed by atoms with van der Waals surface area (Å²) in [6.45, 7) is 7.25. The highest BCUT2D eigenvalue weighted by molar-refractivity contribution is 6.06. The fourth-order valence-electron chi connectivity index (χ4n) is 3.59. The molecule has 6 heteroatoms. The van der Waals surface area contributed by atoms with Gasteiger partial charge in [-0.15, -0.1) is 0 Å². The second-order valence-electron chi connectivity index (χ2n) is 7.10. The van der Waals surface area contributed by atoms with Crippen LogP contribution in [0.2, 0.25) is 0 Å². The molecule has 0 unspecified atom stereocenters. The summed E-state index contributed by atoms with van der Waals surface area (Å²) in [5.41, 5.74) is 3.27. The Morgan fingerprint density at radius 2 is 2.00 bits per heavy atom. The van der Waals surface area contributed by atoms with Crippen molar-refractivity contribution in [1.29, 1.82) is 0 Å². The summed E-state index contributed by atoms with van der Waals surface area (Å²) in [4.78, 5) is 19.8. The molecule has 0 fully saturated rings. The summed E-state index contributed by atoms with van der Waals surface area (Å²) in [5, 5.41) is 2.95. The van der Waals surface area contributed by atoms with Gasteiger partial charge in [0.05, 0.1) is 30.3 Å². The number of anilines is 1. The second kappa shape index (κ2) is 7.04. The fourth-order valence-corrected chi connectivity index (χ4v) is 3.59. The molecule has 0 saturated carbocycles. The fraction of sp³-hybridized carbons (Fsp3) is 0.333. The monoisotopic (exact) mass is 364 g/mol. The molecular formula is C21H24N4O2. The lowest BCUT2D eigenvalue weighted by atomic mass is 10.2. The van der Waals surface area contributed by atoms with Gasteiger partial charge in [-0.05, 0) is 44.2 Å². The van der Waals surface area contributed by atoms with Crippen LogP contribution in [-0.2, 0) is 13.1 Å². The van der Waals surface area contributed by atoms with E-state index in [-0.39, 0.29) is 5.91 Å². The number of nitrogens with zero attached hydrogens (tertiary/aromatic N) is 3. The number of carbonyl (C=O) groups is 1. The largest absolute Gasteiger partial charge is 0.496 e. The van der Waals surface area contributed by atoms with Crippen LogP contribution in [0, 0.1) is 0 Å². The predicted molar refractivity (Wildman–Crippen MR) is 106 cm³/mol.